The molecule has 3 aromatic rings. The highest BCUT2D eigenvalue weighted by Crippen LogP contribution is 2.27. The molecule has 0 aliphatic carbocycles. The highest BCUT2D eigenvalue weighted by atomic mass is 19.1. The van der Waals surface area contributed by atoms with Crippen molar-refractivity contribution in [2.75, 3.05) is 13.2 Å². The molecule has 3 heterocycles. The third-order valence-corrected chi connectivity index (χ3v) is 5.16. The fourth-order valence-corrected chi connectivity index (χ4v) is 3.54. The van der Waals surface area contributed by atoms with Crippen molar-refractivity contribution in [1.29, 1.82) is 0 Å². The molecular weight excluding hydrogens is 403 g/mol. The monoisotopic (exact) mass is 426 g/mol. The molecule has 0 amide bonds. The van der Waals surface area contributed by atoms with Crippen LogP contribution >= 0.6 is 0 Å². The van der Waals surface area contributed by atoms with E-state index in [4.69, 9.17) is 4.74 Å². The molecule has 0 spiro atoms. The van der Waals surface area contributed by atoms with Crippen LogP contribution in [0.25, 0.3) is 11.4 Å². The maximum atomic E-state index is 13.8. The molecule has 2 aromatic heterocycles. The third kappa shape index (κ3) is 3.93. The van der Waals surface area contributed by atoms with Gasteiger partial charge in [-0.2, -0.15) is 5.10 Å². The minimum Gasteiger partial charge on any atom is -0.501 e. The van der Waals surface area contributed by atoms with Crippen molar-refractivity contribution in [3.8, 4) is 11.4 Å². The minimum atomic E-state index is -0.536. The van der Waals surface area contributed by atoms with E-state index in [-0.39, 0.29) is 17.9 Å². The quantitative estimate of drug-likeness (QED) is 0.640. The molecule has 0 saturated heterocycles. The predicted octanol–water partition coefficient (Wildman–Crippen LogP) is 1.74. The van der Waals surface area contributed by atoms with Crippen molar-refractivity contribution in [1.82, 2.24) is 29.6 Å². The van der Waals surface area contributed by atoms with Gasteiger partial charge < -0.3 is 15.2 Å². The van der Waals surface area contributed by atoms with E-state index < -0.39 is 22.5 Å². The molecule has 4 rings (SSSR count). The normalized spacial score (nSPS) is 15.2. The summed E-state index contributed by atoms with van der Waals surface area (Å²) in [5, 5.41) is 17.6. The molecule has 162 valence electrons. The Morgan fingerprint density at radius 1 is 1.42 bits per heavy atom. The lowest BCUT2D eigenvalue weighted by molar-refractivity contribution is 0.103. The molecule has 0 fully saturated rings. The van der Waals surface area contributed by atoms with E-state index in [0.29, 0.717) is 36.8 Å². The molecule has 0 atom stereocenters. The molecule has 1 aromatic carbocycles. The van der Waals surface area contributed by atoms with Crippen LogP contribution < -0.4 is 10.9 Å². The average Bonchev–Trinajstić information content (AvgIpc) is 3.22. The van der Waals surface area contributed by atoms with Crippen LogP contribution in [-0.4, -0.2) is 42.6 Å². The summed E-state index contributed by atoms with van der Waals surface area (Å²) >= 11 is 0. The van der Waals surface area contributed by atoms with Crippen molar-refractivity contribution in [3.63, 3.8) is 0 Å². The second kappa shape index (κ2) is 7.95. The summed E-state index contributed by atoms with van der Waals surface area (Å²) in [6.07, 6.45) is 2.83. The largest absolute Gasteiger partial charge is 0.501 e. The summed E-state index contributed by atoms with van der Waals surface area (Å²) in [6, 6.07) is 4.31. The van der Waals surface area contributed by atoms with Crippen LogP contribution in [0, 0.1) is 5.82 Å². The third-order valence-electron chi connectivity index (χ3n) is 5.16. The van der Waals surface area contributed by atoms with Crippen LogP contribution in [0.4, 0.5) is 4.39 Å². The zero-order valence-corrected chi connectivity index (χ0v) is 17.3. The smallest absolute Gasteiger partial charge is 0.296 e. The Hall–Kier alpha value is -3.53. The molecule has 2 N–H and O–H groups in total. The van der Waals surface area contributed by atoms with Crippen LogP contribution in [0.5, 0.6) is 5.75 Å². The van der Waals surface area contributed by atoms with Gasteiger partial charge in [0, 0.05) is 12.0 Å². The summed E-state index contributed by atoms with van der Waals surface area (Å²) in [4.78, 5) is 21.3. The molecule has 0 radical (unpaired) electrons. The fraction of sp³-hybridized carbons (Fsp3) is 0.333. The van der Waals surface area contributed by atoms with E-state index in [0.717, 1.165) is 0 Å². The number of nitrogens with one attached hydrogen (secondary N) is 1. The molecule has 10 heteroatoms. The first-order valence-corrected chi connectivity index (χ1v) is 9.76. The minimum absolute atomic E-state index is 0.0793. The highest BCUT2D eigenvalue weighted by molar-refractivity contribution is 5.63. The van der Waals surface area contributed by atoms with Crippen molar-refractivity contribution in [2.45, 2.75) is 32.4 Å². The number of ether oxygens (including phenoxy) is 1. The molecule has 1 aliphatic rings. The maximum Gasteiger partial charge on any atom is 0.296 e. The first-order chi connectivity index (χ1) is 14.8. The molecule has 9 nitrogen and oxygen atoms in total. The van der Waals surface area contributed by atoms with Crippen molar-refractivity contribution < 1.29 is 14.2 Å². The van der Waals surface area contributed by atoms with Crippen LogP contribution in [0.15, 0.2) is 42.2 Å². The van der Waals surface area contributed by atoms with Gasteiger partial charge in [-0.15, -0.1) is 0 Å². The summed E-state index contributed by atoms with van der Waals surface area (Å²) in [5.41, 5.74) is 0.522. The summed E-state index contributed by atoms with van der Waals surface area (Å²) in [5.74, 6) is -0.360. The Kier molecular flexibility index (Phi) is 5.32. The van der Waals surface area contributed by atoms with Crippen LogP contribution in [-0.2, 0) is 23.2 Å². The lowest BCUT2D eigenvalue weighted by Crippen LogP contribution is -2.34. The number of rotatable bonds is 5. The molecule has 1 aliphatic heterocycles. The van der Waals surface area contributed by atoms with E-state index >= 15 is 0 Å². The number of nitrogens with zero attached hydrogens (tertiary/aromatic N) is 5. The van der Waals surface area contributed by atoms with Crippen LogP contribution in [0.3, 0.4) is 0 Å². The average molecular weight is 426 g/mol. The second-order valence-electron chi connectivity index (χ2n) is 7.97. The van der Waals surface area contributed by atoms with Crippen molar-refractivity contribution >= 4 is 5.70 Å². The lowest BCUT2D eigenvalue weighted by Gasteiger charge is -2.24. The molecule has 0 saturated carbocycles. The van der Waals surface area contributed by atoms with Gasteiger partial charge in [-0.3, -0.25) is 9.36 Å². The van der Waals surface area contributed by atoms with Gasteiger partial charge in [0.05, 0.1) is 31.1 Å². The summed E-state index contributed by atoms with van der Waals surface area (Å²) in [7, 11) is 0. The second-order valence-corrected chi connectivity index (χ2v) is 7.97. The van der Waals surface area contributed by atoms with Gasteiger partial charge in [-0.1, -0.05) is 26.5 Å². The Morgan fingerprint density at radius 2 is 2.23 bits per heavy atom. The first kappa shape index (κ1) is 20.7. The zero-order valence-electron chi connectivity index (χ0n) is 17.3. The SMILES string of the molecule is C=C(NCc1ccc(F)cc1-n1cncn1)c1nc2n(c(=O)c1O)CCOCC2(C)C. The van der Waals surface area contributed by atoms with E-state index in [1.165, 1.54) is 34.0 Å². The molecular formula is C21H23FN6O3. The number of halogens is 1. The number of fused-ring (bicyclic) bond motifs is 1. The molecule has 0 bridgehead atoms. The number of benzene rings is 1. The van der Waals surface area contributed by atoms with Crippen molar-refractivity contribution in [2.24, 2.45) is 0 Å². The van der Waals surface area contributed by atoms with E-state index in [1.807, 2.05) is 13.8 Å². The highest BCUT2D eigenvalue weighted by Gasteiger charge is 2.31. The zero-order chi connectivity index (χ0) is 22.2. The Morgan fingerprint density at radius 3 is 2.97 bits per heavy atom. The predicted molar refractivity (Wildman–Crippen MR) is 111 cm³/mol. The van der Waals surface area contributed by atoms with Crippen molar-refractivity contribution in [3.05, 3.63) is 70.7 Å². The van der Waals surface area contributed by atoms with Crippen LogP contribution in [0.1, 0.15) is 30.9 Å². The van der Waals surface area contributed by atoms with Crippen LogP contribution in [0.2, 0.25) is 0 Å². The summed E-state index contributed by atoms with van der Waals surface area (Å²) < 4.78 is 22.3. The Labute approximate surface area is 177 Å². The van der Waals surface area contributed by atoms with Gasteiger partial charge in [-0.05, 0) is 17.7 Å². The standard InChI is InChI=1S/C21H23FN6O3/c1-13(24-9-14-4-5-15(22)8-16(14)28-12-23-11-25-28)17-18(29)19(30)27-6-7-31-10-21(2,3)20(27)26-17/h4-5,8,11-12,24,29H,1,6-7,9-10H2,2-3H3. The summed E-state index contributed by atoms with van der Waals surface area (Å²) in [6.45, 7) is 9.13. The van der Waals surface area contributed by atoms with E-state index in [2.05, 4.69) is 27.0 Å². The number of hydrogen-bond donors (Lipinski definition) is 2. The molecule has 31 heavy (non-hydrogen) atoms. The maximum absolute atomic E-state index is 13.8. The van der Waals surface area contributed by atoms with E-state index in [1.54, 1.807) is 6.07 Å². The van der Waals surface area contributed by atoms with Gasteiger partial charge in [0.1, 0.15) is 30.0 Å². The molecule has 0 unspecified atom stereocenters. The number of hydrogen-bond acceptors (Lipinski definition) is 7. The first-order valence-electron chi connectivity index (χ1n) is 9.76. The number of aromatic hydroxyl groups is 1. The van der Waals surface area contributed by atoms with Gasteiger partial charge in [0.25, 0.3) is 5.56 Å². The van der Waals surface area contributed by atoms with E-state index in [9.17, 15) is 14.3 Å². The topological polar surface area (TPSA) is 107 Å². The fourth-order valence-electron chi connectivity index (χ4n) is 3.54. The van der Waals surface area contributed by atoms with Gasteiger partial charge >= 0.3 is 0 Å². The number of aromatic nitrogens is 5. The van der Waals surface area contributed by atoms with Gasteiger partial charge in [0.2, 0.25) is 5.75 Å². The Balaban J connectivity index is 1.65. The lowest BCUT2D eigenvalue weighted by atomic mass is 9.93. The van der Waals surface area contributed by atoms with Gasteiger partial charge in [0.15, 0.2) is 0 Å². The van der Waals surface area contributed by atoms with Gasteiger partial charge in [-0.25, -0.2) is 19.0 Å². The Bertz CT molecular complexity index is 1190.